The molecule has 0 unspecified atom stereocenters. The Morgan fingerprint density at radius 3 is 2.57 bits per heavy atom. The van der Waals surface area contributed by atoms with Gasteiger partial charge in [0.1, 0.15) is 4.90 Å². The Labute approximate surface area is 127 Å². The second-order valence-electron chi connectivity index (χ2n) is 5.28. The van der Waals surface area contributed by atoms with Crippen LogP contribution in [0.25, 0.3) is 0 Å². The van der Waals surface area contributed by atoms with Crippen LogP contribution in [0.2, 0.25) is 0 Å². The number of likely N-dealkylation sites (N-methyl/N-ethyl adjacent to an activating group) is 1. The van der Waals surface area contributed by atoms with Gasteiger partial charge in [0, 0.05) is 25.7 Å². The topological polar surface area (TPSA) is 61.4 Å². The van der Waals surface area contributed by atoms with E-state index in [9.17, 15) is 8.42 Å². The van der Waals surface area contributed by atoms with Crippen LogP contribution in [0.3, 0.4) is 0 Å². The number of nitrogens with zero attached hydrogens (tertiary/aromatic N) is 1. The first-order chi connectivity index (χ1) is 10.1. The van der Waals surface area contributed by atoms with E-state index < -0.39 is 10.0 Å². The summed E-state index contributed by atoms with van der Waals surface area (Å²) in [5.41, 5.74) is 0.672. The summed E-state index contributed by atoms with van der Waals surface area (Å²) >= 11 is 0. The van der Waals surface area contributed by atoms with Gasteiger partial charge in [-0.3, -0.25) is 4.90 Å². The molecule has 0 bridgehead atoms. The van der Waals surface area contributed by atoms with Crippen LogP contribution < -0.4 is 10.0 Å². The van der Waals surface area contributed by atoms with Gasteiger partial charge in [0.2, 0.25) is 10.0 Å². The molecule has 1 aromatic carbocycles. The molecule has 118 valence electrons. The number of rotatable bonds is 9. The fourth-order valence-corrected chi connectivity index (χ4v) is 3.71. The summed E-state index contributed by atoms with van der Waals surface area (Å²) in [4.78, 5) is 2.76. The summed E-state index contributed by atoms with van der Waals surface area (Å²) in [5, 5.41) is 3.26. The standard InChI is InChI=1S/C15H25N3O2S/c1-3-17-21(19,20)15-8-6-5-7-14(15)16-11-12-18(4-2)13-9-10-13/h5-8,13,16-17H,3-4,9-12H2,1-2H3. The van der Waals surface area contributed by atoms with Gasteiger partial charge >= 0.3 is 0 Å². The summed E-state index contributed by atoms with van der Waals surface area (Å²) in [6.07, 6.45) is 2.58. The third-order valence-corrected chi connectivity index (χ3v) is 5.30. The Hall–Kier alpha value is -1.11. The molecule has 2 N–H and O–H groups in total. The molecule has 21 heavy (non-hydrogen) atoms. The Kier molecular flexibility index (Phi) is 5.61. The lowest BCUT2D eigenvalue weighted by molar-refractivity contribution is 0.289. The van der Waals surface area contributed by atoms with Gasteiger partial charge in [-0.2, -0.15) is 0 Å². The third kappa shape index (κ3) is 4.43. The zero-order valence-corrected chi connectivity index (χ0v) is 13.6. The lowest BCUT2D eigenvalue weighted by Gasteiger charge is -2.20. The van der Waals surface area contributed by atoms with Crippen LogP contribution in [-0.4, -0.2) is 45.5 Å². The number of benzene rings is 1. The van der Waals surface area contributed by atoms with Crippen molar-refractivity contribution in [1.82, 2.24) is 9.62 Å². The summed E-state index contributed by atoms with van der Waals surface area (Å²) in [7, 11) is -3.43. The van der Waals surface area contributed by atoms with Gasteiger partial charge in [-0.25, -0.2) is 13.1 Å². The average Bonchev–Trinajstić information content (AvgIpc) is 3.28. The van der Waals surface area contributed by atoms with E-state index in [1.165, 1.54) is 12.8 Å². The fourth-order valence-electron chi connectivity index (χ4n) is 2.49. The van der Waals surface area contributed by atoms with E-state index in [1.54, 1.807) is 19.1 Å². The highest BCUT2D eigenvalue weighted by Crippen LogP contribution is 2.26. The monoisotopic (exact) mass is 311 g/mol. The average molecular weight is 311 g/mol. The normalized spacial score (nSPS) is 15.4. The van der Waals surface area contributed by atoms with E-state index in [0.717, 1.165) is 25.7 Å². The van der Waals surface area contributed by atoms with Crippen LogP contribution >= 0.6 is 0 Å². The number of sulfonamides is 1. The molecule has 0 heterocycles. The molecule has 2 rings (SSSR count). The molecule has 0 saturated heterocycles. The summed E-state index contributed by atoms with van der Waals surface area (Å²) in [5.74, 6) is 0. The largest absolute Gasteiger partial charge is 0.383 e. The Morgan fingerprint density at radius 1 is 1.24 bits per heavy atom. The van der Waals surface area contributed by atoms with E-state index in [2.05, 4.69) is 21.9 Å². The van der Waals surface area contributed by atoms with Crippen LogP contribution in [0, 0.1) is 0 Å². The fraction of sp³-hybridized carbons (Fsp3) is 0.600. The number of anilines is 1. The predicted molar refractivity (Wildman–Crippen MR) is 86.1 cm³/mol. The highest BCUT2D eigenvalue weighted by atomic mass is 32.2. The van der Waals surface area contributed by atoms with Crippen molar-refractivity contribution in [2.45, 2.75) is 37.6 Å². The minimum Gasteiger partial charge on any atom is -0.383 e. The van der Waals surface area contributed by atoms with E-state index in [0.29, 0.717) is 17.1 Å². The van der Waals surface area contributed by atoms with Crippen molar-refractivity contribution in [3.63, 3.8) is 0 Å². The molecule has 0 aliphatic heterocycles. The molecule has 0 spiro atoms. The smallest absolute Gasteiger partial charge is 0.242 e. The number of hydrogen-bond donors (Lipinski definition) is 2. The summed E-state index contributed by atoms with van der Waals surface area (Å²) in [6.45, 7) is 7.08. The van der Waals surface area contributed by atoms with Gasteiger partial charge in [0.05, 0.1) is 5.69 Å². The van der Waals surface area contributed by atoms with Gasteiger partial charge < -0.3 is 5.32 Å². The minimum atomic E-state index is -3.43. The Balaban J connectivity index is 1.99. The molecule has 5 nitrogen and oxygen atoms in total. The first-order valence-electron chi connectivity index (χ1n) is 7.65. The van der Waals surface area contributed by atoms with E-state index in [4.69, 9.17) is 0 Å². The van der Waals surface area contributed by atoms with Crippen LogP contribution in [0.5, 0.6) is 0 Å². The highest BCUT2D eigenvalue weighted by Gasteiger charge is 2.27. The number of nitrogens with one attached hydrogen (secondary N) is 2. The molecular weight excluding hydrogens is 286 g/mol. The molecule has 1 aliphatic rings. The van der Waals surface area contributed by atoms with Crippen LogP contribution in [0.1, 0.15) is 26.7 Å². The van der Waals surface area contributed by atoms with Crippen molar-refractivity contribution in [3.05, 3.63) is 24.3 Å². The molecule has 0 aromatic heterocycles. The van der Waals surface area contributed by atoms with Crippen LogP contribution in [-0.2, 0) is 10.0 Å². The highest BCUT2D eigenvalue weighted by molar-refractivity contribution is 7.89. The van der Waals surface area contributed by atoms with Crippen molar-refractivity contribution >= 4 is 15.7 Å². The van der Waals surface area contributed by atoms with Gasteiger partial charge in [-0.15, -0.1) is 0 Å². The molecule has 1 fully saturated rings. The lowest BCUT2D eigenvalue weighted by Crippen LogP contribution is -2.31. The Morgan fingerprint density at radius 2 is 1.95 bits per heavy atom. The molecule has 6 heteroatoms. The maximum atomic E-state index is 12.2. The first-order valence-corrected chi connectivity index (χ1v) is 9.13. The van der Waals surface area contributed by atoms with Crippen molar-refractivity contribution in [2.24, 2.45) is 0 Å². The second-order valence-corrected chi connectivity index (χ2v) is 7.02. The maximum Gasteiger partial charge on any atom is 0.242 e. The first kappa shape index (κ1) is 16.3. The predicted octanol–water partition coefficient (Wildman–Crippen LogP) is 1.88. The van der Waals surface area contributed by atoms with E-state index >= 15 is 0 Å². The van der Waals surface area contributed by atoms with Crippen molar-refractivity contribution in [1.29, 1.82) is 0 Å². The van der Waals surface area contributed by atoms with Gasteiger partial charge in [-0.05, 0) is 31.5 Å². The maximum absolute atomic E-state index is 12.2. The lowest BCUT2D eigenvalue weighted by atomic mass is 10.3. The third-order valence-electron chi connectivity index (χ3n) is 3.69. The van der Waals surface area contributed by atoms with Gasteiger partial charge in [0.25, 0.3) is 0 Å². The number of hydrogen-bond acceptors (Lipinski definition) is 4. The molecular formula is C15H25N3O2S. The molecule has 0 atom stereocenters. The van der Waals surface area contributed by atoms with E-state index in [-0.39, 0.29) is 0 Å². The van der Waals surface area contributed by atoms with Crippen molar-refractivity contribution in [3.8, 4) is 0 Å². The molecule has 1 aromatic rings. The van der Waals surface area contributed by atoms with Crippen LogP contribution in [0.15, 0.2) is 29.2 Å². The molecule has 0 amide bonds. The zero-order chi connectivity index (χ0) is 15.3. The van der Waals surface area contributed by atoms with Crippen molar-refractivity contribution in [2.75, 3.05) is 31.5 Å². The molecule has 1 saturated carbocycles. The molecule has 0 radical (unpaired) electrons. The van der Waals surface area contributed by atoms with E-state index in [1.807, 2.05) is 12.1 Å². The quantitative estimate of drug-likeness (QED) is 0.731. The molecule has 1 aliphatic carbocycles. The second kappa shape index (κ2) is 7.24. The summed E-state index contributed by atoms with van der Waals surface area (Å²) < 4.78 is 26.9. The van der Waals surface area contributed by atoms with Gasteiger partial charge in [0.15, 0.2) is 0 Å². The SMILES string of the molecule is CCNS(=O)(=O)c1ccccc1NCCN(CC)C1CC1. The minimum absolute atomic E-state index is 0.321. The zero-order valence-electron chi connectivity index (χ0n) is 12.8. The summed E-state index contributed by atoms with van der Waals surface area (Å²) in [6, 6.07) is 7.79. The number of para-hydroxylation sites is 1. The van der Waals surface area contributed by atoms with Gasteiger partial charge in [-0.1, -0.05) is 26.0 Å². The van der Waals surface area contributed by atoms with Crippen LogP contribution in [0.4, 0.5) is 5.69 Å². The van der Waals surface area contributed by atoms with Crippen molar-refractivity contribution < 1.29 is 8.42 Å². The Bertz CT molecular complexity index is 556.